The standard InChI is InChI=1S/C22H27NO2/c1-3-20(18-8-10-19(24)11-9-18)21-15-23-13-12-22(21,25)14-17-6-4-16(2)5-7-17/h3-11,20-21,23-25H,1,12-15H2,2H3. The molecular weight excluding hydrogens is 310 g/mol. The van der Waals surface area contributed by atoms with E-state index in [1.807, 2.05) is 18.2 Å². The minimum absolute atomic E-state index is 0.0313. The summed E-state index contributed by atoms with van der Waals surface area (Å²) < 4.78 is 0. The lowest BCUT2D eigenvalue weighted by Gasteiger charge is -2.44. The van der Waals surface area contributed by atoms with Gasteiger partial charge in [-0.15, -0.1) is 6.58 Å². The summed E-state index contributed by atoms with van der Waals surface area (Å²) >= 11 is 0. The molecule has 132 valence electrons. The predicted molar refractivity (Wildman–Crippen MR) is 102 cm³/mol. The molecule has 1 aliphatic rings. The van der Waals surface area contributed by atoms with Crippen LogP contribution in [-0.4, -0.2) is 28.9 Å². The van der Waals surface area contributed by atoms with E-state index in [0.717, 1.165) is 24.2 Å². The fourth-order valence-corrected chi connectivity index (χ4v) is 3.91. The van der Waals surface area contributed by atoms with Gasteiger partial charge in [-0.05, 0) is 43.1 Å². The second-order valence-corrected chi connectivity index (χ2v) is 7.18. The van der Waals surface area contributed by atoms with Crippen molar-refractivity contribution in [2.75, 3.05) is 13.1 Å². The molecule has 3 unspecified atom stereocenters. The van der Waals surface area contributed by atoms with E-state index in [9.17, 15) is 10.2 Å². The Morgan fingerprint density at radius 3 is 2.52 bits per heavy atom. The molecule has 0 aliphatic carbocycles. The van der Waals surface area contributed by atoms with Crippen LogP contribution in [0.15, 0.2) is 61.2 Å². The van der Waals surface area contributed by atoms with Crippen molar-refractivity contribution < 1.29 is 10.2 Å². The van der Waals surface area contributed by atoms with E-state index in [1.54, 1.807) is 12.1 Å². The third-order valence-electron chi connectivity index (χ3n) is 5.39. The maximum absolute atomic E-state index is 11.5. The smallest absolute Gasteiger partial charge is 0.115 e. The highest BCUT2D eigenvalue weighted by atomic mass is 16.3. The van der Waals surface area contributed by atoms with Gasteiger partial charge in [-0.1, -0.05) is 48.0 Å². The third kappa shape index (κ3) is 3.94. The number of allylic oxidation sites excluding steroid dienone is 1. The number of hydrogen-bond acceptors (Lipinski definition) is 3. The largest absolute Gasteiger partial charge is 0.508 e. The minimum Gasteiger partial charge on any atom is -0.508 e. The normalized spacial score (nSPS) is 24.6. The molecule has 3 nitrogen and oxygen atoms in total. The highest BCUT2D eigenvalue weighted by Crippen LogP contribution is 2.39. The van der Waals surface area contributed by atoms with Crippen LogP contribution in [0, 0.1) is 12.8 Å². The van der Waals surface area contributed by atoms with E-state index in [0.29, 0.717) is 12.8 Å². The van der Waals surface area contributed by atoms with Crippen molar-refractivity contribution in [2.45, 2.75) is 31.3 Å². The SMILES string of the molecule is C=CC(c1ccc(O)cc1)C1CNCCC1(O)Cc1ccc(C)cc1. The molecule has 0 amide bonds. The van der Waals surface area contributed by atoms with Crippen LogP contribution < -0.4 is 5.32 Å². The molecule has 3 heteroatoms. The molecule has 0 radical (unpaired) electrons. The predicted octanol–water partition coefficient (Wildman–Crippen LogP) is 3.55. The average Bonchev–Trinajstić information content (AvgIpc) is 2.61. The Morgan fingerprint density at radius 2 is 1.88 bits per heavy atom. The van der Waals surface area contributed by atoms with Gasteiger partial charge in [0.2, 0.25) is 0 Å². The van der Waals surface area contributed by atoms with Gasteiger partial charge >= 0.3 is 0 Å². The first-order chi connectivity index (χ1) is 12.0. The highest BCUT2D eigenvalue weighted by Gasteiger charge is 2.42. The van der Waals surface area contributed by atoms with Crippen molar-refractivity contribution in [2.24, 2.45) is 5.92 Å². The highest BCUT2D eigenvalue weighted by molar-refractivity contribution is 5.32. The Labute approximate surface area is 150 Å². The summed E-state index contributed by atoms with van der Waals surface area (Å²) in [5.41, 5.74) is 2.68. The number of aromatic hydroxyl groups is 1. The van der Waals surface area contributed by atoms with Gasteiger partial charge in [0.1, 0.15) is 5.75 Å². The molecule has 1 heterocycles. The molecule has 3 rings (SSSR count). The fraction of sp³-hybridized carbons (Fsp3) is 0.364. The van der Waals surface area contributed by atoms with Crippen LogP contribution in [0.4, 0.5) is 0 Å². The Hall–Kier alpha value is -2.10. The summed E-state index contributed by atoms with van der Waals surface area (Å²) in [7, 11) is 0. The van der Waals surface area contributed by atoms with Crippen molar-refractivity contribution in [1.82, 2.24) is 5.32 Å². The van der Waals surface area contributed by atoms with Gasteiger partial charge in [0, 0.05) is 24.8 Å². The molecule has 3 N–H and O–H groups in total. The zero-order chi connectivity index (χ0) is 17.9. The second-order valence-electron chi connectivity index (χ2n) is 7.18. The molecule has 2 aromatic carbocycles. The van der Waals surface area contributed by atoms with Crippen LogP contribution in [-0.2, 0) is 6.42 Å². The first-order valence-electron chi connectivity index (χ1n) is 8.92. The van der Waals surface area contributed by atoms with Gasteiger partial charge in [0.25, 0.3) is 0 Å². The first-order valence-corrected chi connectivity index (χ1v) is 8.92. The molecule has 0 spiro atoms. The molecule has 0 saturated carbocycles. The lowest BCUT2D eigenvalue weighted by atomic mass is 9.69. The summed E-state index contributed by atoms with van der Waals surface area (Å²) in [4.78, 5) is 0. The molecule has 1 saturated heterocycles. The molecule has 0 aromatic heterocycles. The van der Waals surface area contributed by atoms with E-state index < -0.39 is 5.60 Å². The number of rotatable bonds is 5. The molecule has 1 fully saturated rings. The number of nitrogens with one attached hydrogen (secondary N) is 1. The Kier molecular flexibility index (Phi) is 5.26. The van der Waals surface area contributed by atoms with Crippen LogP contribution in [0.2, 0.25) is 0 Å². The second kappa shape index (κ2) is 7.42. The Bertz CT molecular complexity index is 708. The topological polar surface area (TPSA) is 52.5 Å². The summed E-state index contributed by atoms with van der Waals surface area (Å²) in [6.45, 7) is 7.66. The van der Waals surface area contributed by atoms with E-state index in [-0.39, 0.29) is 17.6 Å². The van der Waals surface area contributed by atoms with Gasteiger partial charge in [-0.2, -0.15) is 0 Å². The van der Waals surface area contributed by atoms with Gasteiger partial charge in [0.15, 0.2) is 0 Å². The third-order valence-corrected chi connectivity index (χ3v) is 5.39. The van der Waals surface area contributed by atoms with Gasteiger partial charge < -0.3 is 15.5 Å². The lowest BCUT2D eigenvalue weighted by molar-refractivity contribution is -0.0453. The molecule has 3 atom stereocenters. The van der Waals surface area contributed by atoms with Crippen molar-refractivity contribution in [1.29, 1.82) is 0 Å². The van der Waals surface area contributed by atoms with Crippen molar-refractivity contribution in [3.8, 4) is 5.75 Å². The lowest BCUT2D eigenvalue weighted by Crippen LogP contribution is -2.53. The van der Waals surface area contributed by atoms with Gasteiger partial charge in [-0.3, -0.25) is 0 Å². The summed E-state index contributed by atoms with van der Waals surface area (Å²) in [6.07, 6.45) is 3.28. The minimum atomic E-state index is -0.781. The number of benzene rings is 2. The van der Waals surface area contributed by atoms with Crippen molar-refractivity contribution >= 4 is 0 Å². The van der Waals surface area contributed by atoms with Crippen LogP contribution in [0.25, 0.3) is 0 Å². The van der Waals surface area contributed by atoms with Crippen LogP contribution in [0.5, 0.6) is 5.75 Å². The van der Waals surface area contributed by atoms with E-state index in [2.05, 4.69) is 43.1 Å². The maximum Gasteiger partial charge on any atom is 0.115 e. The zero-order valence-electron chi connectivity index (χ0n) is 14.8. The Morgan fingerprint density at radius 1 is 1.20 bits per heavy atom. The quantitative estimate of drug-likeness (QED) is 0.731. The van der Waals surface area contributed by atoms with Gasteiger partial charge in [-0.25, -0.2) is 0 Å². The molecule has 1 aliphatic heterocycles. The molecular formula is C22H27NO2. The zero-order valence-corrected chi connectivity index (χ0v) is 14.8. The van der Waals surface area contributed by atoms with Crippen molar-refractivity contribution in [3.63, 3.8) is 0 Å². The summed E-state index contributed by atoms with van der Waals surface area (Å²) in [6, 6.07) is 15.6. The van der Waals surface area contributed by atoms with E-state index in [4.69, 9.17) is 0 Å². The molecule has 2 aromatic rings. The number of aliphatic hydroxyl groups is 1. The van der Waals surface area contributed by atoms with Crippen LogP contribution in [0.1, 0.15) is 29.0 Å². The average molecular weight is 337 g/mol. The van der Waals surface area contributed by atoms with Crippen LogP contribution >= 0.6 is 0 Å². The number of piperidine rings is 1. The van der Waals surface area contributed by atoms with Crippen LogP contribution in [0.3, 0.4) is 0 Å². The van der Waals surface area contributed by atoms with Gasteiger partial charge in [0.05, 0.1) is 5.60 Å². The van der Waals surface area contributed by atoms with E-state index in [1.165, 1.54) is 5.56 Å². The molecule has 0 bridgehead atoms. The number of phenols is 1. The fourth-order valence-electron chi connectivity index (χ4n) is 3.91. The number of hydrogen-bond donors (Lipinski definition) is 3. The maximum atomic E-state index is 11.5. The number of phenolic OH excluding ortho intramolecular Hbond substituents is 1. The van der Waals surface area contributed by atoms with E-state index >= 15 is 0 Å². The first kappa shape index (κ1) is 17.7. The monoisotopic (exact) mass is 337 g/mol. The summed E-state index contributed by atoms with van der Waals surface area (Å²) in [5.74, 6) is 0.316. The Balaban J connectivity index is 1.89. The molecule has 25 heavy (non-hydrogen) atoms. The number of aryl methyl sites for hydroxylation is 1. The summed E-state index contributed by atoms with van der Waals surface area (Å²) in [5, 5.41) is 24.5. The van der Waals surface area contributed by atoms with Crippen molar-refractivity contribution in [3.05, 3.63) is 77.9 Å².